The van der Waals surface area contributed by atoms with Gasteiger partial charge in [-0.3, -0.25) is 0 Å². The average molecular weight is 209 g/mol. The summed E-state index contributed by atoms with van der Waals surface area (Å²) in [5.74, 6) is 1.01. The lowest BCUT2D eigenvalue weighted by Crippen LogP contribution is -2.35. The molecule has 1 aliphatic rings. The van der Waals surface area contributed by atoms with E-state index in [0.29, 0.717) is 18.3 Å². The Labute approximate surface area is 83.1 Å². The van der Waals surface area contributed by atoms with Crippen molar-refractivity contribution in [2.24, 2.45) is 11.8 Å². The molecule has 0 aliphatic carbocycles. The van der Waals surface area contributed by atoms with Crippen LogP contribution < -0.4 is 5.32 Å². The van der Waals surface area contributed by atoms with Crippen molar-refractivity contribution in [3.8, 4) is 0 Å². The number of piperidine rings is 1. The van der Waals surface area contributed by atoms with Crippen LogP contribution in [-0.4, -0.2) is 19.3 Å². The Morgan fingerprint density at radius 3 is 2.64 bits per heavy atom. The zero-order chi connectivity index (χ0) is 10.6. The first-order valence-corrected chi connectivity index (χ1v) is 5.26. The fraction of sp³-hybridized carbons (Fsp3) is 1.00. The predicted molar refractivity (Wildman–Crippen MR) is 50.0 cm³/mol. The lowest BCUT2D eigenvalue weighted by molar-refractivity contribution is -0.136. The van der Waals surface area contributed by atoms with Gasteiger partial charge in [0.2, 0.25) is 0 Å². The lowest BCUT2D eigenvalue weighted by Gasteiger charge is -2.29. The zero-order valence-corrected chi connectivity index (χ0v) is 8.53. The maximum absolute atomic E-state index is 11.9. The monoisotopic (exact) mass is 209 g/mol. The second-order valence-electron chi connectivity index (χ2n) is 4.24. The third-order valence-electron chi connectivity index (χ3n) is 3.02. The first-order chi connectivity index (χ1) is 6.49. The molecule has 0 aromatic heterocycles. The molecule has 0 spiro atoms. The highest BCUT2D eigenvalue weighted by molar-refractivity contribution is 4.75. The molecule has 1 fully saturated rings. The van der Waals surface area contributed by atoms with E-state index in [1.165, 1.54) is 0 Å². The topological polar surface area (TPSA) is 12.0 Å². The molecule has 2 atom stereocenters. The summed E-state index contributed by atoms with van der Waals surface area (Å²) < 4.78 is 35.7. The average Bonchev–Trinajstić information content (AvgIpc) is 2.06. The SMILES string of the molecule is CC1CCNCC1CCCC(F)(F)F. The van der Waals surface area contributed by atoms with Crippen molar-refractivity contribution in [2.45, 2.75) is 38.8 Å². The van der Waals surface area contributed by atoms with Crippen molar-refractivity contribution in [3.63, 3.8) is 0 Å². The quantitative estimate of drug-likeness (QED) is 0.753. The third kappa shape index (κ3) is 4.31. The van der Waals surface area contributed by atoms with Crippen molar-refractivity contribution in [2.75, 3.05) is 13.1 Å². The largest absolute Gasteiger partial charge is 0.389 e. The summed E-state index contributed by atoms with van der Waals surface area (Å²) in [4.78, 5) is 0. The molecule has 0 aromatic carbocycles. The zero-order valence-electron chi connectivity index (χ0n) is 8.53. The van der Waals surface area contributed by atoms with E-state index >= 15 is 0 Å². The van der Waals surface area contributed by atoms with Crippen LogP contribution in [0.15, 0.2) is 0 Å². The Balaban J connectivity index is 2.17. The molecule has 1 N–H and O–H groups in total. The summed E-state index contributed by atoms with van der Waals surface area (Å²) in [6.45, 7) is 4.04. The molecule has 0 saturated carbocycles. The molecule has 0 bridgehead atoms. The van der Waals surface area contributed by atoms with E-state index in [-0.39, 0.29) is 6.42 Å². The van der Waals surface area contributed by atoms with Crippen LogP contribution in [0.2, 0.25) is 0 Å². The molecule has 4 heteroatoms. The van der Waals surface area contributed by atoms with Gasteiger partial charge in [0.05, 0.1) is 0 Å². The second kappa shape index (κ2) is 5.01. The first-order valence-electron chi connectivity index (χ1n) is 5.26. The summed E-state index contributed by atoms with van der Waals surface area (Å²) in [6.07, 6.45) is -2.54. The van der Waals surface area contributed by atoms with E-state index < -0.39 is 12.6 Å². The molecule has 14 heavy (non-hydrogen) atoms. The summed E-state index contributed by atoms with van der Waals surface area (Å²) in [7, 11) is 0. The summed E-state index contributed by atoms with van der Waals surface area (Å²) in [5.41, 5.74) is 0. The fourth-order valence-electron chi connectivity index (χ4n) is 2.01. The van der Waals surface area contributed by atoms with Crippen molar-refractivity contribution >= 4 is 0 Å². The molecule has 1 heterocycles. The van der Waals surface area contributed by atoms with Gasteiger partial charge in [-0.2, -0.15) is 13.2 Å². The van der Waals surface area contributed by atoms with Crippen molar-refractivity contribution < 1.29 is 13.2 Å². The van der Waals surface area contributed by atoms with E-state index in [1.807, 2.05) is 0 Å². The molecule has 0 amide bonds. The van der Waals surface area contributed by atoms with Gasteiger partial charge in [-0.05, 0) is 44.2 Å². The highest BCUT2D eigenvalue weighted by Crippen LogP contribution is 2.27. The van der Waals surface area contributed by atoms with Gasteiger partial charge in [-0.25, -0.2) is 0 Å². The van der Waals surface area contributed by atoms with Crippen molar-refractivity contribution in [1.82, 2.24) is 5.32 Å². The van der Waals surface area contributed by atoms with Gasteiger partial charge >= 0.3 is 6.18 Å². The molecule has 1 rings (SSSR count). The predicted octanol–water partition coefficient (Wildman–Crippen LogP) is 2.96. The molecule has 1 aliphatic heterocycles. The van der Waals surface area contributed by atoms with Crippen LogP contribution in [-0.2, 0) is 0 Å². The van der Waals surface area contributed by atoms with E-state index in [9.17, 15) is 13.2 Å². The summed E-state index contributed by atoms with van der Waals surface area (Å²) in [6, 6.07) is 0. The number of nitrogens with one attached hydrogen (secondary N) is 1. The smallest absolute Gasteiger partial charge is 0.316 e. The summed E-state index contributed by atoms with van der Waals surface area (Å²) in [5, 5.41) is 3.23. The van der Waals surface area contributed by atoms with Crippen LogP contribution >= 0.6 is 0 Å². The van der Waals surface area contributed by atoms with Gasteiger partial charge in [-0.1, -0.05) is 6.92 Å². The lowest BCUT2D eigenvalue weighted by atomic mass is 9.84. The van der Waals surface area contributed by atoms with Crippen molar-refractivity contribution in [1.29, 1.82) is 0 Å². The second-order valence-corrected chi connectivity index (χ2v) is 4.24. The molecule has 1 nitrogen and oxygen atoms in total. The Bertz CT molecular complexity index is 167. The highest BCUT2D eigenvalue weighted by Gasteiger charge is 2.28. The third-order valence-corrected chi connectivity index (χ3v) is 3.02. The van der Waals surface area contributed by atoms with Gasteiger partial charge in [0.1, 0.15) is 0 Å². The van der Waals surface area contributed by atoms with Gasteiger partial charge in [-0.15, -0.1) is 0 Å². The van der Waals surface area contributed by atoms with E-state index in [4.69, 9.17) is 0 Å². The van der Waals surface area contributed by atoms with Crippen LogP contribution in [0.1, 0.15) is 32.6 Å². The molecule has 1 saturated heterocycles. The Morgan fingerprint density at radius 1 is 1.36 bits per heavy atom. The van der Waals surface area contributed by atoms with Gasteiger partial charge in [0.25, 0.3) is 0 Å². The minimum Gasteiger partial charge on any atom is -0.316 e. The number of hydrogen-bond acceptors (Lipinski definition) is 1. The highest BCUT2D eigenvalue weighted by atomic mass is 19.4. The van der Waals surface area contributed by atoms with Gasteiger partial charge < -0.3 is 5.32 Å². The molecular formula is C10H18F3N. The van der Waals surface area contributed by atoms with Crippen LogP contribution in [0.5, 0.6) is 0 Å². The van der Waals surface area contributed by atoms with E-state index in [2.05, 4.69) is 12.2 Å². The Hall–Kier alpha value is -0.250. The maximum Gasteiger partial charge on any atom is 0.389 e. The minimum absolute atomic E-state index is 0.278. The first kappa shape index (κ1) is 11.8. The van der Waals surface area contributed by atoms with Crippen LogP contribution in [0, 0.1) is 11.8 Å². The van der Waals surface area contributed by atoms with E-state index in [1.54, 1.807) is 0 Å². The number of alkyl halides is 3. The molecule has 0 radical (unpaired) electrons. The Kier molecular flexibility index (Phi) is 4.23. The number of rotatable bonds is 3. The Morgan fingerprint density at radius 2 is 2.07 bits per heavy atom. The number of hydrogen-bond donors (Lipinski definition) is 1. The van der Waals surface area contributed by atoms with Gasteiger partial charge in [0, 0.05) is 6.42 Å². The van der Waals surface area contributed by atoms with Crippen LogP contribution in [0.3, 0.4) is 0 Å². The fourth-order valence-corrected chi connectivity index (χ4v) is 2.01. The van der Waals surface area contributed by atoms with Gasteiger partial charge in [0.15, 0.2) is 0 Å². The minimum atomic E-state index is -3.98. The molecular weight excluding hydrogens is 191 g/mol. The standard InChI is InChI=1S/C10H18F3N/c1-8-4-6-14-7-9(8)3-2-5-10(11,12)13/h8-9,14H,2-7H2,1H3. The molecule has 2 unspecified atom stereocenters. The maximum atomic E-state index is 11.9. The van der Waals surface area contributed by atoms with Crippen molar-refractivity contribution in [3.05, 3.63) is 0 Å². The van der Waals surface area contributed by atoms with Crippen LogP contribution in [0.4, 0.5) is 13.2 Å². The number of halogens is 3. The molecule has 84 valence electrons. The normalized spacial score (nSPS) is 29.1. The molecule has 0 aromatic rings. The van der Waals surface area contributed by atoms with Crippen LogP contribution in [0.25, 0.3) is 0 Å². The van der Waals surface area contributed by atoms with E-state index in [0.717, 1.165) is 19.5 Å². The summed E-state index contributed by atoms with van der Waals surface area (Å²) >= 11 is 0.